The fraction of sp³-hybridized carbons (Fsp3) is 0.250. The first-order valence-corrected chi connectivity index (χ1v) is 7.15. The molecule has 0 aliphatic carbocycles. The maximum atomic E-state index is 11.3. The molecule has 66 valence electrons. The molecule has 4 heteroatoms. The topological polar surface area (TPSA) is 17.1 Å². The Morgan fingerprint density at radius 1 is 1.33 bits per heavy atom. The van der Waals surface area contributed by atoms with Crippen molar-refractivity contribution in [1.82, 2.24) is 0 Å². The minimum absolute atomic E-state index is 0.566. The standard InChI is InChI=1S/C8H9Cl2OP/c1-2-7-5-3-4-6-8(7)12(9,10)11/h3-6H,2H2,1H3. The summed E-state index contributed by atoms with van der Waals surface area (Å²) in [7, 11) is 0. The number of halogens is 2. The molecule has 0 amide bonds. The van der Waals surface area contributed by atoms with Crippen molar-refractivity contribution in [3.63, 3.8) is 0 Å². The summed E-state index contributed by atoms with van der Waals surface area (Å²) in [5.41, 5.74) is 0.950. The van der Waals surface area contributed by atoms with Gasteiger partial charge in [0, 0.05) is 5.30 Å². The lowest BCUT2D eigenvalue weighted by atomic mass is 10.2. The number of hydrogen-bond acceptors (Lipinski definition) is 1. The summed E-state index contributed by atoms with van der Waals surface area (Å²) >= 11 is 11.1. The Bertz CT molecular complexity index is 319. The van der Waals surface area contributed by atoms with Crippen LogP contribution in [0.2, 0.25) is 0 Å². The van der Waals surface area contributed by atoms with E-state index in [-0.39, 0.29) is 0 Å². The van der Waals surface area contributed by atoms with E-state index in [0.29, 0.717) is 5.30 Å². The van der Waals surface area contributed by atoms with Crippen molar-refractivity contribution in [2.24, 2.45) is 0 Å². The molecule has 0 saturated heterocycles. The molecule has 0 aliphatic heterocycles. The van der Waals surface area contributed by atoms with Gasteiger partial charge in [-0.3, -0.25) is 4.57 Å². The van der Waals surface area contributed by atoms with Crippen LogP contribution in [0.1, 0.15) is 12.5 Å². The average molecular weight is 223 g/mol. The lowest BCUT2D eigenvalue weighted by Gasteiger charge is -2.06. The van der Waals surface area contributed by atoms with Crippen molar-refractivity contribution in [2.75, 3.05) is 0 Å². The fourth-order valence-electron chi connectivity index (χ4n) is 1.06. The summed E-state index contributed by atoms with van der Waals surface area (Å²) in [6, 6.07) is 7.25. The highest BCUT2D eigenvalue weighted by Gasteiger charge is 2.19. The van der Waals surface area contributed by atoms with Gasteiger partial charge < -0.3 is 0 Å². The Morgan fingerprint density at radius 2 is 1.92 bits per heavy atom. The molecule has 0 N–H and O–H groups in total. The average Bonchev–Trinajstić information content (AvgIpc) is 2.03. The molecule has 0 heterocycles. The molecule has 1 rings (SSSR count). The maximum absolute atomic E-state index is 11.3. The lowest BCUT2D eigenvalue weighted by Crippen LogP contribution is -2.04. The van der Waals surface area contributed by atoms with Crippen LogP contribution in [0.15, 0.2) is 24.3 Å². The third kappa shape index (κ3) is 2.26. The number of aryl methyl sites for hydroxylation is 1. The molecule has 0 spiro atoms. The molecule has 1 nitrogen and oxygen atoms in total. The van der Waals surface area contributed by atoms with E-state index in [4.69, 9.17) is 22.5 Å². The van der Waals surface area contributed by atoms with E-state index < -0.39 is 5.85 Å². The minimum Gasteiger partial charge on any atom is -0.284 e. The summed E-state index contributed by atoms with van der Waals surface area (Å²) < 4.78 is 11.3. The van der Waals surface area contributed by atoms with Crippen molar-refractivity contribution < 1.29 is 4.57 Å². The van der Waals surface area contributed by atoms with Gasteiger partial charge in [-0.2, -0.15) is 0 Å². The normalized spacial score (nSPS) is 11.6. The van der Waals surface area contributed by atoms with Gasteiger partial charge in [0.05, 0.1) is 0 Å². The second-order valence-corrected chi connectivity index (χ2v) is 7.23. The molecule has 1 aromatic rings. The van der Waals surface area contributed by atoms with Crippen LogP contribution in [-0.2, 0) is 11.0 Å². The third-order valence-corrected chi connectivity index (χ3v) is 3.74. The van der Waals surface area contributed by atoms with E-state index in [1.807, 2.05) is 19.1 Å². The molecule has 0 bridgehead atoms. The van der Waals surface area contributed by atoms with Gasteiger partial charge in [-0.25, -0.2) is 0 Å². The SMILES string of the molecule is CCc1ccccc1P(=O)(Cl)Cl. The first kappa shape index (κ1) is 10.1. The Labute approximate surface area is 81.6 Å². The molecule has 0 aliphatic rings. The van der Waals surface area contributed by atoms with Crippen LogP contribution in [0.5, 0.6) is 0 Å². The van der Waals surface area contributed by atoms with Crippen molar-refractivity contribution in [3.05, 3.63) is 29.8 Å². The zero-order valence-electron chi connectivity index (χ0n) is 6.63. The minimum atomic E-state index is -3.13. The molecule has 0 aromatic heterocycles. The molecule has 1 aromatic carbocycles. The van der Waals surface area contributed by atoms with E-state index in [0.717, 1.165) is 12.0 Å². The Hall–Kier alpha value is 0.0300. The largest absolute Gasteiger partial charge is 0.284 e. The first-order valence-electron chi connectivity index (χ1n) is 3.63. The zero-order valence-corrected chi connectivity index (χ0v) is 9.03. The molecule has 0 atom stereocenters. The van der Waals surface area contributed by atoms with Gasteiger partial charge in [-0.15, -0.1) is 0 Å². The molecule has 12 heavy (non-hydrogen) atoms. The van der Waals surface area contributed by atoms with Crippen molar-refractivity contribution in [2.45, 2.75) is 13.3 Å². The highest BCUT2D eigenvalue weighted by Crippen LogP contribution is 2.55. The molecule has 0 unspecified atom stereocenters. The maximum Gasteiger partial charge on any atom is 0.282 e. The predicted octanol–water partition coefficient (Wildman–Crippen LogP) is 3.55. The Kier molecular flexibility index (Phi) is 3.22. The van der Waals surface area contributed by atoms with Gasteiger partial charge in [0.1, 0.15) is 0 Å². The Balaban J connectivity index is 3.23. The highest BCUT2D eigenvalue weighted by molar-refractivity contribution is 8.13. The molecular formula is C8H9Cl2OP. The summed E-state index contributed by atoms with van der Waals surface area (Å²) in [5.74, 6) is -3.13. The zero-order chi connectivity index (χ0) is 9.19. The predicted molar refractivity (Wildman–Crippen MR) is 54.8 cm³/mol. The van der Waals surface area contributed by atoms with Gasteiger partial charge in [-0.1, -0.05) is 25.1 Å². The number of rotatable bonds is 2. The second-order valence-electron chi connectivity index (χ2n) is 2.44. The van der Waals surface area contributed by atoms with E-state index >= 15 is 0 Å². The number of hydrogen-bond donors (Lipinski definition) is 0. The van der Waals surface area contributed by atoms with Crippen LogP contribution in [0.25, 0.3) is 0 Å². The van der Waals surface area contributed by atoms with Crippen LogP contribution >= 0.6 is 28.3 Å². The van der Waals surface area contributed by atoms with E-state index in [1.54, 1.807) is 12.1 Å². The van der Waals surface area contributed by atoms with Crippen molar-refractivity contribution >= 4 is 33.6 Å². The van der Waals surface area contributed by atoms with Crippen LogP contribution < -0.4 is 5.30 Å². The van der Waals surface area contributed by atoms with Crippen molar-refractivity contribution in [3.8, 4) is 0 Å². The Morgan fingerprint density at radius 3 is 2.33 bits per heavy atom. The lowest BCUT2D eigenvalue weighted by molar-refractivity contribution is 0.597. The van der Waals surface area contributed by atoms with Gasteiger partial charge in [-0.05, 0) is 40.5 Å². The summed E-state index contributed by atoms with van der Waals surface area (Å²) in [6.45, 7) is 1.97. The molecular weight excluding hydrogens is 214 g/mol. The quantitative estimate of drug-likeness (QED) is 0.700. The van der Waals surface area contributed by atoms with E-state index in [2.05, 4.69) is 0 Å². The fourth-order valence-corrected chi connectivity index (χ4v) is 2.88. The van der Waals surface area contributed by atoms with Crippen LogP contribution in [0.3, 0.4) is 0 Å². The van der Waals surface area contributed by atoms with E-state index in [9.17, 15) is 4.57 Å². The van der Waals surface area contributed by atoms with Crippen LogP contribution in [0.4, 0.5) is 0 Å². The van der Waals surface area contributed by atoms with Crippen molar-refractivity contribution in [1.29, 1.82) is 0 Å². The molecule has 0 saturated carbocycles. The first-order chi connectivity index (χ1) is 5.55. The smallest absolute Gasteiger partial charge is 0.282 e. The molecule has 0 radical (unpaired) electrons. The summed E-state index contributed by atoms with van der Waals surface area (Å²) in [5, 5.41) is 0.566. The third-order valence-electron chi connectivity index (χ3n) is 1.65. The van der Waals surface area contributed by atoms with Gasteiger partial charge >= 0.3 is 0 Å². The van der Waals surface area contributed by atoms with Gasteiger partial charge in [0.2, 0.25) is 0 Å². The van der Waals surface area contributed by atoms with Gasteiger partial charge in [0.15, 0.2) is 0 Å². The molecule has 0 fully saturated rings. The number of benzene rings is 1. The summed E-state index contributed by atoms with van der Waals surface area (Å²) in [6.07, 6.45) is 0.791. The van der Waals surface area contributed by atoms with Crippen LogP contribution in [-0.4, -0.2) is 0 Å². The van der Waals surface area contributed by atoms with Gasteiger partial charge in [0.25, 0.3) is 5.85 Å². The second kappa shape index (κ2) is 3.83. The van der Waals surface area contributed by atoms with Crippen LogP contribution in [0, 0.1) is 0 Å². The van der Waals surface area contributed by atoms with E-state index in [1.165, 1.54) is 0 Å². The highest BCUT2D eigenvalue weighted by atomic mass is 35.9. The monoisotopic (exact) mass is 222 g/mol. The summed E-state index contributed by atoms with van der Waals surface area (Å²) in [4.78, 5) is 0.